The molecule has 1 heterocycles. The van der Waals surface area contributed by atoms with E-state index in [4.69, 9.17) is 5.73 Å². The number of nitrogens with zero attached hydrogens (tertiary/aromatic N) is 2. The Hall–Kier alpha value is -1.57. The number of aryl methyl sites for hydroxylation is 1. The van der Waals surface area contributed by atoms with Crippen LogP contribution in [0.3, 0.4) is 0 Å². The number of hydrogen-bond donors (Lipinski definition) is 2. The van der Waals surface area contributed by atoms with Gasteiger partial charge < -0.3 is 11.1 Å². The molecule has 0 fully saturated rings. The number of rotatable bonds is 4. The van der Waals surface area contributed by atoms with Crippen LogP contribution in [0, 0.1) is 5.92 Å². The van der Waals surface area contributed by atoms with Gasteiger partial charge in [-0.05, 0) is 5.92 Å². The zero-order valence-corrected chi connectivity index (χ0v) is 11.0. The zero-order chi connectivity index (χ0) is 14.8. The Labute approximate surface area is 109 Å². The molecule has 0 unspecified atom stereocenters. The molecule has 0 saturated heterocycles. The Morgan fingerprint density at radius 1 is 1.53 bits per heavy atom. The van der Waals surface area contributed by atoms with Crippen LogP contribution in [0.25, 0.3) is 0 Å². The molecule has 0 aliphatic carbocycles. The molecule has 19 heavy (non-hydrogen) atoms. The second-order valence-corrected chi connectivity index (χ2v) is 4.66. The molecule has 1 amide bonds. The highest BCUT2D eigenvalue weighted by atomic mass is 19.4. The normalized spacial score (nSPS) is 13.7. The molecule has 0 bridgehead atoms. The van der Waals surface area contributed by atoms with Crippen LogP contribution in [0.5, 0.6) is 0 Å². The van der Waals surface area contributed by atoms with E-state index in [1.807, 2.05) is 0 Å². The Balaban J connectivity index is 2.76. The Morgan fingerprint density at radius 2 is 2.11 bits per heavy atom. The van der Waals surface area contributed by atoms with E-state index in [0.717, 1.165) is 4.68 Å². The fourth-order valence-corrected chi connectivity index (χ4v) is 1.51. The number of carbonyl (C=O) groups is 1. The molecule has 0 aromatic carbocycles. The fourth-order valence-electron chi connectivity index (χ4n) is 1.51. The second-order valence-electron chi connectivity index (χ2n) is 4.66. The van der Waals surface area contributed by atoms with Crippen LogP contribution in [-0.2, 0) is 24.6 Å². The van der Waals surface area contributed by atoms with E-state index in [2.05, 4.69) is 10.4 Å². The molecule has 0 saturated carbocycles. The first kappa shape index (κ1) is 15.5. The molecule has 0 radical (unpaired) electrons. The lowest BCUT2D eigenvalue weighted by Crippen LogP contribution is -2.43. The number of halogens is 3. The summed E-state index contributed by atoms with van der Waals surface area (Å²) < 4.78 is 39.0. The van der Waals surface area contributed by atoms with E-state index in [1.165, 1.54) is 13.2 Å². The van der Waals surface area contributed by atoms with E-state index < -0.39 is 23.8 Å². The Morgan fingerprint density at radius 3 is 2.58 bits per heavy atom. The van der Waals surface area contributed by atoms with E-state index >= 15 is 0 Å². The van der Waals surface area contributed by atoms with Crippen molar-refractivity contribution in [3.63, 3.8) is 0 Å². The number of hydrogen-bond acceptors (Lipinski definition) is 3. The topological polar surface area (TPSA) is 72.9 Å². The van der Waals surface area contributed by atoms with Crippen LogP contribution in [0.2, 0.25) is 0 Å². The standard InChI is InChI=1S/C11H17F3N4O/c1-6(2)8(15)10(19)16-4-7-5-18(3)17-9(7)11(12,13)14/h5-6,8H,4,15H2,1-3H3,(H,16,19)/t8-/m0/s1. The number of amides is 1. The first-order chi connectivity index (χ1) is 8.62. The van der Waals surface area contributed by atoms with Gasteiger partial charge in [0, 0.05) is 25.4 Å². The van der Waals surface area contributed by atoms with Crippen molar-refractivity contribution in [3.8, 4) is 0 Å². The van der Waals surface area contributed by atoms with Crippen molar-refractivity contribution in [2.75, 3.05) is 0 Å². The average Bonchev–Trinajstić information content (AvgIpc) is 2.66. The highest BCUT2D eigenvalue weighted by Crippen LogP contribution is 2.30. The molecule has 108 valence electrons. The molecule has 1 aromatic rings. The number of nitrogens with two attached hydrogens (primary N) is 1. The summed E-state index contributed by atoms with van der Waals surface area (Å²) in [5.74, 6) is -0.567. The molecule has 0 aliphatic heterocycles. The summed E-state index contributed by atoms with van der Waals surface area (Å²) in [6, 6.07) is -0.744. The lowest BCUT2D eigenvalue weighted by Gasteiger charge is -2.15. The van der Waals surface area contributed by atoms with Gasteiger partial charge in [-0.25, -0.2) is 0 Å². The van der Waals surface area contributed by atoms with Crippen LogP contribution in [0.15, 0.2) is 6.20 Å². The largest absolute Gasteiger partial charge is 0.435 e. The number of carbonyl (C=O) groups excluding carboxylic acids is 1. The number of aromatic nitrogens is 2. The minimum Gasteiger partial charge on any atom is -0.351 e. The van der Waals surface area contributed by atoms with E-state index in [-0.39, 0.29) is 18.0 Å². The first-order valence-corrected chi connectivity index (χ1v) is 5.76. The van der Waals surface area contributed by atoms with Crippen molar-refractivity contribution in [2.24, 2.45) is 18.7 Å². The van der Waals surface area contributed by atoms with Gasteiger partial charge >= 0.3 is 6.18 Å². The zero-order valence-electron chi connectivity index (χ0n) is 11.0. The van der Waals surface area contributed by atoms with Crippen molar-refractivity contribution in [2.45, 2.75) is 32.6 Å². The molecule has 8 heteroatoms. The van der Waals surface area contributed by atoms with Gasteiger partial charge in [-0.3, -0.25) is 9.48 Å². The molecular weight excluding hydrogens is 261 g/mol. The summed E-state index contributed by atoms with van der Waals surface area (Å²) >= 11 is 0. The molecule has 1 aromatic heterocycles. The molecule has 1 rings (SSSR count). The van der Waals surface area contributed by atoms with Gasteiger partial charge in [0.15, 0.2) is 5.69 Å². The van der Waals surface area contributed by atoms with Gasteiger partial charge in [0.25, 0.3) is 0 Å². The van der Waals surface area contributed by atoms with E-state index in [0.29, 0.717) is 0 Å². The van der Waals surface area contributed by atoms with Crippen LogP contribution in [-0.4, -0.2) is 21.7 Å². The van der Waals surface area contributed by atoms with Crippen LogP contribution >= 0.6 is 0 Å². The predicted molar refractivity (Wildman–Crippen MR) is 62.9 cm³/mol. The summed E-state index contributed by atoms with van der Waals surface area (Å²) in [7, 11) is 1.39. The highest BCUT2D eigenvalue weighted by Gasteiger charge is 2.36. The number of nitrogens with one attached hydrogen (secondary N) is 1. The van der Waals surface area contributed by atoms with Gasteiger partial charge in [0.05, 0.1) is 6.04 Å². The minimum absolute atomic E-state index is 0.0840. The summed E-state index contributed by atoms with van der Waals surface area (Å²) in [5.41, 5.74) is 4.52. The lowest BCUT2D eigenvalue weighted by molar-refractivity contribution is -0.142. The molecular formula is C11H17F3N4O. The van der Waals surface area contributed by atoms with Crippen LogP contribution < -0.4 is 11.1 Å². The van der Waals surface area contributed by atoms with Gasteiger partial charge in [-0.15, -0.1) is 0 Å². The van der Waals surface area contributed by atoms with Crippen molar-refractivity contribution >= 4 is 5.91 Å². The molecule has 0 spiro atoms. The Bertz CT molecular complexity index is 453. The maximum absolute atomic E-state index is 12.7. The maximum atomic E-state index is 12.7. The molecule has 1 atom stereocenters. The summed E-state index contributed by atoms with van der Waals surface area (Å²) in [4.78, 5) is 11.6. The van der Waals surface area contributed by atoms with Gasteiger partial charge in [0.1, 0.15) is 0 Å². The SMILES string of the molecule is CC(C)[C@H](N)C(=O)NCc1cn(C)nc1C(F)(F)F. The maximum Gasteiger partial charge on any atom is 0.435 e. The van der Waals surface area contributed by atoms with Gasteiger partial charge in [-0.2, -0.15) is 18.3 Å². The minimum atomic E-state index is -4.54. The van der Waals surface area contributed by atoms with E-state index in [1.54, 1.807) is 13.8 Å². The number of alkyl halides is 3. The summed E-state index contributed by atoms with van der Waals surface area (Å²) in [5, 5.41) is 5.74. The smallest absolute Gasteiger partial charge is 0.351 e. The quantitative estimate of drug-likeness (QED) is 0.864. The fraction of sp³-hybridized carbons (Fsp3) is 0.636. The third kappa shape index (κ3) is 3.95. The lowest BCUT2D eigenvalue weighted by atomic mass is 10.0. The van der Waals surface area contributed by atoms with Crippen molar-refractivity contribution < 1.29 is 18.0 Å². The monoisotopic (exact) mass is 278 g/mol. The second kappa shape index (κ2) is 5.60. The first-order valence-electron chi connectivity index (χ1n) is 5.76. The Kier molecular flexibility index (Phi) is 4.56. The van der Waals surface area contributed by atoms with Gasteiger partial charge in [-0.1, -0.05) is 13.8 Å². The summed E-state index contributed by atoms with van der Waals surface area (Å²) in [6.07, 6.45) is -3.31. The van der Waals surface area contributed by atoms with E-state index in [9.17, 15) is 18.0 Å². The van der Waals surface area contributed by atoms with Crippen LogP contribution in [0.1, 0.15) is 25.1 Å². The molecule has 5 nitrogen and oxygen atoms in total. The van der Waals surface area contributed by atoms with Gasteiger partial charge in [0.2, 0.25) is 5.91 Å². The average molecular weight is 278 g/mol. The summed E-state index contributed by atoms with van der Waals surface area (Å²) in [6.45, 7) is 3.27. The highest BCUT2D eigenvalue weighted by molar-refractivity contribution is 5.81. The van der Waals surface area contributed by atoms with Crippen molar-refractivity contribution in [1.29, 1.82) is 0 Å². The third-order valence-corrected chi connectivity index (χ3v) is 2.65. The molecule has 0 aliphatic rings. The van der Waals surface area contributed by atoms with Crippen LogP contribution in [0.4, 0.5) is 13.2 Å². The molecule has 3 N–H and O–H groups in total. The van der Waals surface area contributed by atoms with Crippen molar-refractivity contribution in [1.82, 2.24) is 15.1 Å². The third-order valence-electron chi connectivity index (χ3n) is 2.65. The van der Waals surface area contributed by atoms with Crippen molar-refractivity contribution in [3.05, 3.63) is 17.5 Å². The predicted octanol–water partition coefficient (Wildman–Crippen LogP) is 1.04.